The van der Waals surface area contributed by atoms with Crippen molar-refractivity contribution in [2.24, 2.45) is 0 Å². The van der Waals surface area contributed by atoms with Crippen molar-refractivity contribution < 1.29 is 28.6 Å². The molecule has 7 nitrogen and oxygen atoms in total. The summed E-state index contributed by atoms with van der Waals surface area (Å²) in [6.07, 6.45) is 0. The molecule has 156 valence electrons. The van der Waals surface area contributed by atoms with Crippen LogP contribution in [0.2, 0.25) is 0 Å². The van der Waals surface area contributed by atoms with Gasteiger partial charge >= 0.3 is 0 Å². The van der Waals surface area contributed by atoms with Gasteiger partial charge in [-0.2, -0.15) is 0 Å². The number of amides is 1. The van der Waals surface area contributed by atoms with Gasteiger partial charge in [0.05, 0.1) is 41.1 Å². The maximum Gasteiger partial charge on any atom is 0.251 e. The summed E-state index contributed by atoms with van der Waals surface area (Å²) >= 11 is 0. The van der Waals surface area contributed by atoms with Gasteiger partial charge in [-0.25, -0.2) is 0 Å². The van der Waals surface area contributed by atoms with Crippen molar-refractivity contribution in [2.75, 3.05) is 54.2 Å². The molecule has 1 amide bonds. The van der Waals surface area contributed by atoms with Crippen molar-refractivity contribution in [1.29, 1.82) is 0 Å². The minimum absolute atomic E-state index is 0.0771. The first-order chi connectivity index (χ1) is 14.2. The average Bonchev–Trinajstić information content (AvgIpc) is 2.79. The number of hydrogen-bond acceptors (Lipinski definition) is 5. The minimum atomic E-state index is -0.123. The standard InChI is InChI=1S/C22H28N2O5/c1-26-18-6-4-5-17(13-18)22(25)23-15-19(24-9-11-29-12-10-24)16-7-8-20(27-2)21(14-16)28-3/h4-8,13-14,19H,9-12,15H2,1-3H3,(H,23,25)/p+1/t19-/m1/s1. The van der Waals surface area contributed by atoms with Crippen molar-refractivity contribution in [2.45, 2.75) is 6.04 Å². The third-order valence-corrected chi connectivity index (χ3v) is 5.24. The van der Waals surface area contributed by atoms with E-state index in [2.05, 4.69) is 5.32 Å². The number of rotatable bonds is 8. The van der Waals surface area contributed by atoms with E-state index in [1.807, 2.05) is 30.3 Å². The average molecular weight is 401 g/mol. The Morgan fingerprint density at radius 1 is 1.03 bits per heavy atom. The molecule has 29 heavy (non-hydrogen) atoms. The molecule has 0 bridgehead atoms. The zero-order valence-electron chi connectivity index (χ0n) is 17.2. The van der Waals surface area contributed by atoms with E-state index in [9.17, 15) is 4.79 Å². The Balaban J connectivity index is 1.79. The predicted octanol–water partition coefficient (Wildman–Crippen LogP) is 1.10. The van der Waals surface area contributed by atoms with E-state index in [0.717, 1.165) is 18.7 Å². The van der Waals surface area contributed by atoms with Gasteiger partial charge in [-0.1, -0.05) is 6.07 Å². The SMILES string of the molecule is COc1cccc(C(=O)NC[C@H](c2ccc(OC)c(OC)c2)[NH+]2CCOCC2)c1. The van der Waals surface area contributed by atoms with Crippen LogP contribution in [0, 0.1) is 0 Å². The summed E-state index contributed by atoms with van der Waals surface area (Å²) < 4.78 is 21.6. The molecule has 0 spiro atoms. The highest BCUT2D eigenvalue weighted by atomic mass is 16.5. The van der Waals surface area contributed by atoms with Gasteiger partial charge < -0.3 is 29.2 Å². The number of nitrogens with one attached hydrogen (secondary N) is 2. The molecule has 2 aromatic carbocycles. The second-order valence-corrected chi connectivity index (χ2v) is 6.88. The van der Waals surface area contributed by atoms with Gasteiger partial charge in [0.25, 0.3) is 5.91 Å². The second kappa shape index (κ2) is 10.1. The molecule has 0 unspecified atom stereocenters. The van der Waals surface area contributed by atoms with E-state index in [1.165, 1.54) is 4.90 Å². The molecule has 0 saturated carbocycles. The first-order valence-corrected chi connectivity index (χ1v) is 9.72. The number of carbonyl (C=O) groups is 1. The number of ether oxygens (including phenoxy) is 4. The zero-order chi connectivity index (χ0) is 20.6. The fourth-order valence-corrected chi connectivity index (χ4v) is 3.61. The molecule has 3 rings (SSSR count). The van der Waals surface area contributed by atoms with E-state index < -0.39 is 0 Å². The Morgan fingerprint density at radius 2 is 1.79 bits per heavy atom. The zero-order valence-corrected chi connectivity index (χ0v) is 17.2. The first-order valence-electron chi connectivity index (χ1n) is 9.72. The summed E-state index contributed by atoms with van der Waals surface area (Å²) in [6, 6.07) is 13.2. The van der Waals surface area contributed by atoms with Crippen LogP contribution in [0.3, 0.4) is 0 Å². The quantitative estimate of drug-likeness (QED) is 0.693. The topological polar surface area (TPSA) is 70.5 Å². The van der Waals surface area contributed by atoms with Gasteiger partial charge in [0.1, 0.15) is 24.9 Å². The Kier molecular flexibility index (Phi) is 7.32. The maximum absolute atomic E-state index is 12.7. The van der Waals surface area contributed by atoms with E-state index in [-0.39, 0.29) is 11.9 Å². The van der Waals surface area contributed by atoms with Crippen LogP contribution in [0.15, 0.2) is 42.5 Å². The molecule has 1 saturated heterocycles. The van der Waals surface area contributed by atoms with Crippen LogP contribution in [-0.2, 0) is 4.74 Å². The monoisotopic (exact) mass is 401 g/mol. The van der Waals surface area contributed by atoms with Gasteiger partial charge in [-0.05, 0) is 36.4 Å². The third kappa shape index (κ3) is 5.19. The van der Waals surface area contributed by atoms with E-state index in [1.54, 1.807) is 33.5 Å². The molecule has 1 fully saturated rings. The fraction of sp³-hybridized carbons (Fsp3) is 0.409. The fourth-order valence-electron chi connectivity index (χ4n) is 3.61. The molecule has 2 aromatic rings. The largest absolute Gasteiger partial charge is 0.497 e. The highest BCUT2D eigenvalue weighted by Gasteiger charge is 2.28. The summed E-state index contributed by atoms with van der Waals surface area (Å²) in [5.41, 5.74) is 1.66. The second-order valence-electron chi connectivity index (χ2n) is 6.88. The first kappa shape index (κ1) is 21.0. The number of quaternary nitrogens is 1. The molecule has 0 radical (unpaired) electrons. The number of carbonyl (C=O) groups excluding carboxylic acids is 1. The molecule has 1 aliphatic rings. The van der Waals surface area contributed by atoms with Crippen molar-refractivity contribution >= 4 is 5.91 Å². The molecule has 1 atom stereocenters. The summed E-state index contributed by atoms with van der Waals surface area (Å²) in [7, 11) is 4.84. The van der Waals surface area contributed by atoms with Crippen LogP contribution in [0.4, 0.5) is 0 Å². The smallest absolute Gasteiger partial charge is 0.251 e. The van der Waals surface area contributed by atoms with Crippen LogP contribution < -0.4 is 24.4 Å². The third-order valence-electron chi connectivity index (χ3n) is 5.24. The molecule has 1 heterocycles. The Bertz CT molecular complexity index is 821. The summed E-state index contributed by atoms with van der Waals surface area (Å²) in [6.45, 7) is 3.69. The van der Waals surface area contributed by atoms with Gasteiger partial charge in [-0.15, -0.1) is 0 Å². The lowest BCUT2D eigenvalue weighted by Crippen LogP contribution is -3.15. The Hall–Kier alpha value is -2.77. The normalized spacial score (nSPS) is 15.4. The van der Waals surface area contributed by atoms with Gasteiger partial charge in [0.15, 0.2) is 11.5 Å². The highest BCUT2D eigenvalue weighted by molar-refractivity contribution is 5.94. The highest BCUT2D eigenvalue weighted by Crippen LogP contribution is 2.29. The summed E-state index contributed by atoms with van der Waals surface area (Å²) in [4.78, 5) is 14.1. The molecule has 0 aromatic heterocycles. The maximum atomic E-state index is 12.7. The molecule has 0 aliphatic carbocycles. The van der Waals surface area contributed by atoms with Gasteiger partial charge in [-0.3, -0.25) is 4.79 Å². The Morgan fingerprint density at radius 3 is 2.48 bits per heavy atom. The van der Waals surface area contributed by atoms with Crippen LogP contribution in [-0.4, -0.2) is 60.1 Å². The van der Waals surface area contributed by atoms with Crippen LogP contribution in [0.25, 0.3) is 0 Å². The number of hydrogen-bond donors (Lipinski definition) is 2. The van der Waals surface area contributed by atoms with E-state index in [4.69, 9.17) is 18.9 Å². The van der Waals surface area contributed by atoms with Crippen LogP contribution in [0.5, 0.6) is 17.2 Å². The van der Waals surface area contributed by atoms with Gasteiger partial charge in [0, 0.05) is 11.1 Å². The van der Waals surface area contributed by atoms with Crippen LogP contribution in [0.1, 0.15) is 22.0 Å². The Labute approximate surface area is 171 Å². The minimum Gasteiger partial charge on any atom is -0.497 e. The van der Waals surface area contributed by atoms with Crippen LogP contribution >= 0.6 is 0 Å². The van der Waals surface area contributed by atoms with E-state index >= 15 is 0 Å². The number of morpholine rings is 1. The summed E-state index contributed by atoms with van der Waals surface area (Å²) in [5.74, 6) is 1.91. The van der Waals surface area contributed by atoms with E-state index in [0.29, 0.717) is 42.6 Å². The molecular formula is C22H29N2O5+. The molecule has 1 aliphatic heterocycles. The van der Waals surface area contributed by atoms with Crippen molar-refractivity contribution in [1.82, 2.24) is 5.32 Å². The van der Waals surface area contributed by atoms with Crippen molar-refractivity contribution in [3.05, 3.63) is 53.6 Å². The lowest BCUT2D eigenvalue weighted by Gasteiger charge is -2.32. The predicted molar refractivity (Wildman–Crippen MR) is 109 cm³/mol. The molecular weight excluding hydrogens is 372 g/mol. The molecule has 7 heteroatoms. The van der Waals surface area contributed by atoms with Crippen molar-refractivity contribution in [3.63, 3.8) is 0 Å². The van der Waals surface area contributed by atoms with Gasteiger partial charge in [0.2, 0.25) is 0 Å². The lowest BCUT2D eigenvalue weighted by atomic mass is 10.0. The lowest BCUT2D eigenvalue weighted by molar-refractivity contribution is -0.937. The summed E-state index contributed by atoms with van der Waals surface area (Å²) in [5, 5.41) is 3.08. The molecule has 2 N–H and O–H groups in total. The number of benzene rings is 2. The van der Waals surface area contributed by atoms with Crippen molar-refractivity contribution in [3.8, 4) is 17.2 Å². The number of methoxy groups -OCH3 is 3.